The molecule has 130 valence electrons. The summed E-state index contributed by atoms with van der Waals surface area (Å²) in [5.74, 6) is 1.99. The molecule has 0 aliphatic heterocycles. The van der Waals surface area contributed by atoms with Crippen LogP contribution in [0.15, 0.2) is 22.6 Å². The Labute approximate surface area is 143 Å². The lowest BCUT2D eigenvalue weighted by molar-refractivity contribution is -0.116. The van der Waals surface area contributed by atoms with E-state index in [0.29, 0.717) is 19.1 Å². The van der Waals surface area contributed by atoms with E-state index in [-0.39, 0.29) is 5.91 Å². The largest absolute Gasteiger partial charge is 0.493 e. The molecule has 0 aliphatic carbocycles. The maximum atomic E-state index is 12.1. The van der Waals surface area contributed by atoms with Crippen LogP contribution in [0.25, 0.3) is 16.5 Å². The Morgan fingerprint density at radius 2 is 2.04 bits per heavy atom. The first-order valence-electron chi connectivity index (χ1n) is 8.46. The number of rotatable bonds is 6. The molecule has 0 radical (unpaired) electrons. The molecule has 2 aromatic rings. The van der Waals surface area contributed by atoms with E-state index >= 15 is 0 Å². The van der Waals surface area contributed by atoms with E-state index in [0.717, 1.165) is 39.2 Å². The number of amides is 1. The van der Waals surface area contributed by atoms with Gasteiger partial charge in [0.1, 0.15) is 17.1 Å². The number of nitrogens with one attached hydrogen (secondary N) is 1. The maximum absolute atomic E-state index is 12.1. The summed E-state index contributed by atoms with van der Waals surface area (Å²) in [6.07, 6.45) is 1.63. The number of carbonyl (C=O) groups excluding carboxylic acids is 1. The summed E-state index contributed by atoms with van der Waals surface area (Å²) in [4.78, 5) is 12.1. The van der Waals surface area contributed by atoms with Crippen molar-refractivity contribution in [2.24, 2.45) is 5.92 Å². The van der Waals surface area contributed by atoms with Gasteiger partial charge in [0, 0.05) is 29.6 Å². The minimum absolute atomic E-state index is 0.0798. The van der Waals surface area contributed by atoms with Gasteiger partial charge < -0.3 is 14.5 Å². The van der Waals surface area contributed by atoms with Crippen molar-refractivity contribution in [2.45, 2.75) is 41.5 Å². The fraction of sp³-hybridized carbons (Fsp3) is 0.450. The smallest absolute Gasteiger partial charge is 0.244 e. The fourth-order valence-electron chi connectivity index (χ4n) is 2.58. The van der Waals surface area contributed by atoms with E-state index in [1.165, 1.54) is 0 Å². The molecule has 4 nitrogen and oxygen atoms in total. The molecule has 0 aliphatic rings. The molecule has 0 atom stereocenters. The van der Waals surface area contributed by atoms with Gasteiger partial charge >= 0.3 is 0 Å². The molecule has 0 saturated carbocycles. The Morgan fingerprint density at radius 1 is 1.33 bits per heavy atom. The predicted octanol–water partition coefficient (Wildman–Crippen LogP) is 4.62. The lowest BCUT2D eigenvalue weighted by Gasteiger charge is -2.12. The third-order valence-corrected chi connectivity index (χ3v) is 4.03. The molecule has 4 heteroatoms. The van der Waals surface area contributed by atoms with Crippen LogP contribution < -0.4 is 10.1 Å². The Hall–Kier alpha value is -2.23. The number of fused-ring (bicyclic) bond motifs is 1. The van der Waals surface area contributed by atoms with Gasteiger partial charge in [0.05, 0.1) is 6.61 Å². The van der Waals surface area contributed by atoms with Gasteiger partial charge in [-0.2, -0.15) is 0 Å². The molecule has 1 amide bonds. The van der Waals surface area contributed by atoms with Gasteiger partial charge in [-0.05, 0) is 50.8 Å². The van der Waals surface area contributed by atoms with Crippen molar-refractivity contribution < 1.29 is 13.9 Å². The van der Waals surface area contributed by atoms with E-state index < -0.39 is 0 Å². The molecule has 0 saturated heterocycles. The molecule has 0 unspecified atom stereocenters. The quantitative estimate of drug-likeness (QED) is 0.787. The van der Waals surface area contributed by atoms with Gasteiger partial charge in [-0.25, -0.2) is 0 Å². The van der Waals surface area contributed by atoms with Crippen LogP contribution in [0.1, 0.15) is 44.6 Å². The zero-order chi connectivity index (χ0) is 17.9. The van der Waals surface area contributed by atoms with Crippen LogP contribution in [0, 0.1) is 19.8 Å². The number of furan rings is 1. The van der Waals surface area contributed by atoms with Crippen molar-refractivity contribution in [1.82, 2.24) is 5.32 Å². The standard InChI is InChI=1S/C20H27NO3/c1-7-23-18-10-19-17(14(5)15(6)24-19)9-16(18)13(4)8-20(22)21-11-12(2)3/h8-10,12H,7,11H2,1-6H3,(H,21,22)/b13-8+. The van der Waals surface area contributed by atoms with Crippen LogP contribution in [0.2, 0.25) is 0 Å². The first-order chi connectivity index (χ1) is 11.3. The number of ether oxygens (including phenoxy) is 1. The number of carbonyl (C=O) groups is 1. The van der Waals surface area contributed by atoms with Crippen molar-refractivity contribution in [2.75, 3.05) is 13.2 Å². The van der Waals surface area contributed by atoms with E-state index in [2.05, 4.69) is 19.2 Å². The fourth-order valence-corrected chi connectivity index (χ4v) is 2.58. The summed E-state index contributed by atoms with van der Waals surface area (Å²) in [6.45, 7) is 13.2. The number of hydrogen-bond acceptors (Lipinski definition) is 3. The van der Waals surface area contributed by atoms with Crippen molar-refractivity contribution in [3.05, 3.63) is 35.1 Å². The highest BCUT2D eigenvalue weighted by atomic mass is 16.5. The van der Waals surface area contributed by atoms with E-state index in [1.54, 1.807) is 6.08 Å². The second kappa shape index (κ2) is 7.56. The van der Waals surface area contributed by atoms with Crippen LogP contribution in [-0.2, 0) is 4.79 Å². The summed E-state index contributed by atoms with van der Waals surface area (Å²) in [5.41, 5.74) is 3.73. The van der Waals surface area contributed by atoms with Crippen molar-refractivity contribution in [1.29, 1.82) is 0 Å². The van der Waals surface area contributed by atoms with E-state index in [4.69, 9.17) is 9.15 Å². The lowest BCUT2D eigenvalue weighted by Crippen LogP contribution is -2.25. The monoisotopic (exact) mass is 329 g/mol. The Morgan fingerprint density at radius 3 is 2.67 bits per heavy atom. The average Bonchev–Trinajstić information content (AvgIpc) is 2.79. The third-order valence-electron chi connectivity index (χ3n) is 4.03. The average molecular weight is 329 g/mol. The predicted molar refractivity (Wildman–Crippen MR) is 98.4 cm³/mol. The zero-order valence-electron chi connectivity index (χ0n) is 15.4. The highest BCUT2D eigenvalue weighted by Gasteiger charge is 2.14. The molecule has 2 rings (SSSR count). The van der Waals surface area contributed by atoms with Crippen molar-refractivity contribution in [3.63, 3.8) is 0 Å². The molecular weight excluding hydrogens is 302 g/mol. The molecular formula is C20H27NO3. The second-order valence-corrected chi connectivity index (χ2v) is 6.53. The highest BCUT2D eigenvalue weighted by Crippen LogP contribution is 2.34. The number of aryl methyl sites for hydroxylation is 2. The molecule has 1 heterocycles. The SMILES string of the molecule is CCOc1cc2oc(C)c(C)c2cc1/C(C)=C/C(=O)NCC(C)C. The minimum atomic E-state index is -0.0798. The molecule has 1 N–H and O–H groups in total. The summed E-state index contributed by atoms with van der Waals surface area (Å²) in [7, 11) is 0. The maximum Gasteiger partial charge on any atom is 0.244 e. The Balaban J connectivity index is 2.42. The van der Waals surface area contributed by atoms with Gasteiger partial charge in [-0.15, -0.1) is 0 Å². The molecule has 0 spiro atoms. The van der Waals surface area contributed by atoms with Crippen molar-refractivity contribution in [3.8, 4) is 5.75 Å². The molecule has 0 bridgehead atoms. The minimum Gasteiger partial charge on any atom is -0.493 e. The summed E-state index contributed by atoms with van der Waals surface area (Å²) in [6, 6.07) is 3.96. The van der Waals surface area contributed by atoms with E-state index in [1.807, 2.05) is 39.8 Å². The Bertz CT molecular complexity index is 769. The van der Waals surface area contributed by atoms with Crippen LogP contribution in [0.3, 0.4) is 0 Å². The second-order valence-electron chi connectivity index (χ2n) is 6.53. The molecule has 1 aromatic carbocycles. The first kappa shape index (κ1) is 18.1. The Kier molecular flexibility index (Phi) is 5.71. The zero-order valence-corrected chi connectivity index (χ0v) is 15.4. The molecule has 1 aromatic heterocycles. The number of hydrogen-bond donors (Lipinski definition) is 1. The third kappa shape index (κ3) is 3.99. The molecule has 24 heavy (non-hydrogen) atoms. The normalized spacial score (nSPS) is 12.0. The van der Waals surface area contributed by atoms with Crippen LogP contribution >= 0.6 is 0 Å². The highest BCUT2D eigenvalue weighted by molar-refractivity contribution is 5.97. The van der Waals surface area contributed by atoms with Crippen molar-refractivity contribution >= 4 is 22.4 Å². The summed E-state index contributed by atoms with van der Waals surface area (Å²) >= 11 is 0. The van der Waals surface area contributed by atoms with Crippen LogP contribution in [0.4, 0.5) is 0 Å². The van der Waals surface area contributed by atoms with Crippen LogP contribution in [0.5, 0.6) is 5.75 Å². The first-order valence-corrected chi connectivity index (χ1v) is 8.46. The molecule has 0 fully saturated rings. The van der Waals surface area contributed by atoms with Crippen LogP contribution in [-0.4, -0.2) is 19.1 Å². The van der Waals surface area contributed by atoms with Gasteiger partial charge in [0.25, 0.3) is 0 Å². The summed E-state index contributed by atoms with van der Waals surface area (Å²) < 4.78 is 11.6. The van der Waals surface area contributed by atoms with Gasteiger partial charge in [-0.1, -0.05) is 13.8 Å². The van der Waals surface area contributed by atoms with E-state index in [9.17, 15) is 4.79 Å². The van der Waals surface area contributed by atoms with Gasteiger partial charge in [0.2, 0.25) is 5.91 Å². The number of allylic oxidation sites excluding steroid dienone is 1. The summed E-state index contributed by atoms with van der Waals surface area (Å²) in [5, 5.41) is 3.97. The van der Waals surface area contributed by atoms with Gasteiger partial charge in [0.15, 0.2) is 0 Å². The lowest BCUT2D eigenvalue weighted by atomic mass is 10.0. The van der Waals surface area contributed by atoms with Gasteiger partial charge in [-0.3, -0.25) is 4.79 Å². The number of benzene rings is 1. The topological polar surface area (TPSA) is 51.5 Å².